The van der Waals surface area contributed by atoms with Gasteiger partial charge in [-0.05, 0) is 50.8 Å². The van der Waals surface area contributed by atoms with E-state index in [0.717, 1.165) is 11.3 Å². The Labute approximate surface area is 181 Å². The molecule has 0 radical (unpaired) electrons. The second-order valence-corrected chi connectivity index (χ2v) is 7.48. The van der Waals surface area contributed by atoms with Crippen molar-refractivity contribution < 1.29 is 9.53 Å². The molecular formula is C23H29N5O3. The normalized spacial score (nSPS) is 12.0. The van der Waals surface area contributed by atoms with Gasteiger partial charge in [0.05, 0.1) is 30.6 Å². The Bertz CT molecular complexity index is 1080. The van der Waals surface area contributed by atoms with Crippen LogP contribution in [0.5, 0.6) is 5.75 Å². The lowest BCUT2D eigenvalue weighted by Gasteiger charge is -2.27. The lowest BCUT2D eigenvalue weighted by molar-refractivity contribution is 0.191. The number of hydrogen-bond donors (Lipinski definition) is 2. The van der Waals surface area contributed by atoms with Crippen LogP contribution in [0.4, 0.5) is 4.79 Å². The number of hydrogen-bond acceptors (Lipinski definition) is 5. The largest absolute Gasteiger partial charge is 0.497 e. The van der Waals surface area contributed by atoms with Crippen LogP contribution in [0.15, 0.2) is 53.3 Å². The molecule has 3 rings (SSSR count). The van der Waals surface area contributed by atoms with E-state index in [-0.39, 0.29) is 24.2 Å². The fourth-order valence-electron chi connectivity index (χ4n) is 3.44. The molecular weight excluding hydrogens is 394 g/mol. The number of methoxy groups -OCH3 is 1. The molecule has 8 nitrogen and oxygen atoms in total. The zero-order chi connectivity index (χ0) is 22.4. The number of H-pyrrole nitrogens is 1. The molecule has 1 unspecified atom stereocenters. The first-order valence-corrected chi connectivity index (χ1v) is 10.2. The van der Waals surface area contributed by atoms with Gasteiger partial charge in [-0.3, -0.25) is 4.79 Å². The molecule has 1 atom stereocenters. The number of fused-ring (bicyclic) bond motifs is 1. The number of ether oxygens (including phenoxy) is 1. The maximum Gasteiger partial charge on any atom is 0.317 e. The van der Waals surface area contributed by atoms with E-state index >= 15 is 0 Å². The first-order valence-electron chi connectivity index (χ1n) is 10.2. The highest BCUT2D eigenvalue weighted by molar-refractivity contribution is 5.77. The zero-order valence-corrected chi connectivity index (χ0v) is 18.4. The molecule has 2 aromatic carbocycles. The van der Waals surface area contributed by atoms with Crippen molar-refractivity contribution in [1.29, 1.82) is 0 Å². The van der Waals surface area contributed by atoms with E-state index < -0.39 is 0 Å². The number of carbonyl (C=O) groups excluding carboxylic acids is 1. The second-order valence-electron chi connectivity index (χ2n) is 7.48. The summed E-state index contributed by atoms with van der Waals surface area (Å²) in [6.45, 7) is 3.04. The van der Waals surface area contributed by atoms with Crippen LogP contribution in [-0.2, 0) is 6.54 Å². The summed E-state index contributed by atoms with van der Waals surface area (Å²) in [5.41, 5.74) is 1.49. The topological polar surface area (TPSA) is 90.6 Å². The minimum Gasteiger partial charge on any atom is -0.497 e. The second kappa shape index (κ2) is 10.1. The Hall–Kier alpha value is -3.39. The quantitative estimate of drug-likeness (QED) is 0.581. The molecule has 1 aromatic heterocycles. The lowest BCUT2D eigenvalue weighted by atomic mass is 10.1. The summed E-state index contributed by atoms with van der Waals surface area (Å²) >= 11 is 0. The van der Waals surface area contributed by atoms with Gasteiger partial charge in [0, 0.05) is 13.1 Å². The highest BCUT2D eigenvalue weighted by atomic mass is 16.5. The highest BCUT2D eigenvalue weighted by Gasteiger charge is 2.19. The molecule has 0 aliphatic carbocycles. The van der Waals surface area contributed by atoms with Crippen LogP contribution in [0.1, 0.15) is 24.4 Å². The van der Waals surface area contributed by atoms with E-state index in [4.69, 9.17) is 4.74 Å². The third kappa shape index (κ3) is 5.40. The number of para-hydroxylation sites is 1. The average Bonchev–Trinajstić information content (AvgIpc) is 2.77. The number of carbonyl (C=O) groups is 1. The summed E-state index contributed by atoms with van der Waals surface area (Å²) in [5, 5.41) is 3.54. The van der Waals surface area contributed by atoms with Crippen molar-refractivity contribution >= 4 is 16.9 Å². The third-order valence-corrected chi connectivity index (χ3v) is 5.24. The van der Waals surface area contributed by atoms with E-state index in [0.29, 0.717) is 29.8 Å². The number of nitrogens with one attached hydrogen (secondary N) is 2. The minimum atomic E-state index is -0.210. The molecule has 164 valence electrons. The summed E-state index contributed by atoms with van der Waals surface area (Å²) < 4.78 is 5.22. The number of benzene rings is 2. The molecule has 2 N–H and O–H groups in total. The Kier molecular flexibility index (Phi) is 7.25. The number of aromatic amines is 1. The number of aromatic nitrogens is 2. The van der Waals surface area contributed by atoms with Crippen LogP contribution in [0.2, 0.25) is 0 Å². The third-order valence-electron chi connectivity index (χ3n) is 5.24. The van der Waals surface area contributed by atoms with Gasteiger partial charge in [-0.2, -0.15) is 0 Å². The molecule has 2 amide bonds. The van der Waals surface area contributed by atoms with Gasteiger partial charge in [-0.25, -0.2) is 9.78 Å². The minimum absolute atomic E-state index is 0.00663. The molecule has 8 heteroatoms. The van der Waals surface area contributed by atoms with Crippen molar-refractivity contribution in [3.05, 3.63) is 70.3 Å². The molecule has 0 bridgehead atoms. The summed E-state index contributed by atoms with van der Waals surface area (Å²) in [6.07, 6.45) is 0. The van der Waals surface area contributed by atoms with E-state index in [1.54, 1.807) is 30.2 Å². The van der Waals surface area contributed by atoms with E-state index in [2.05, 4.69) is 20.2 Å². The van der Waals surface area contributed by atoms with Crippen molar-refractivity contribution in [3.63, 3.8) is 0 Å². The van der Waals surface area contributed by atoms with Gasteiger partial charge in [-0.15, -0.1) is 0 Å². The number of rotatable bonds is 8. The molecule has 1 heterocycles. The standard InChI is InChI=1S/C23H29N5O3/c1-5-28(15-21-25-19-9-7-6-8-18(19)22(29)26-21)23(30)24-14-20(27(2)3)16-10-12-17(31-4)13-11-16/h6-13,20H,5,14-15H2,1-4H3,(H,24,30)(H,25,26,29). The molecule has 0 saturated carbocycles. The van der Waals surface area contributed by atoms with Crippen LogP contribution in [0, 0.1) is 0 Å². The zero-order valence-electron chi connectivity index (χ0n) is 18.4. The van der Waals surface area contributed by atoms with Crippen molar-refractivity contribution in [3.8, 4) is 5.75 Å². The molecule has 0 aliphatic heterocycles. The smallest absolute Gasteiger partial charge is 0.317 e. The van der Waals surface area contributed by atoms with Crippen LogP contribution in [0.25, 0.3) is 10.9 Å². The van der Waals surface area contributed by atoms with E-state index in [1.165, 1.54) is 0 Å². The Morgan fingerprint density at radius 1 is 1.16 bits per heavy atom. The van der Waals surface area contributed by atoms with Crippen LogP contribution < -0.4 is 15.6 Å². The highest BCUT2D eigenvalue weighted by Crippen LogP contribution is 2.20. The van der Waals surface area contributed by atoms with Crippen molar-refractivity contribution in [1.82, 2.24) is 25.1 Å². The molecule has 3 aromatic rings. The number of amides is 2. The molecule has 31 heavy (non-hydrogen) atoms. The van der Waals surface area contributed by atoms with Gasteiger partial charge < -0.3 is 24.8 Å². The summed E-state index contributed by atoms with van der Waals surface area (Å²) in [7, 11) is 5.58. The summed E-state index contributed by atoms with van der Waals surface area (Å²) in [4.78, 5) is 36.1. The van der Waals surface area contributed by atoms with Gasteiger partial charge >= 0.3 is 6.03 Å². The first-order chi connectivity index (χ1) is 14.9. The Morgan fingerprint density at radius 2 is 1.87 bits per heavy atom. The monoisotopic (exact) mass is 423 g/mol. The Balaban J connectivity index is 1.69. The van der Waals surface area contributed by atoms with E-state index in [1.807, 2.05) is 51.4 Å². The van der Waals surface area contributed by atoms with Gasteiger partial charge in [-0.1, -0.05) is 24.3 Å². The van der Waals surface area contributed by atoms with Crippen molar-refractivity contribution in [2.24, 2.45) is 0 Å². The summed E-state index contributed by atoms with van der Waals surface area (Å²) in [5.74, 6) is 1.25. The molecule has 0 spiro atoms. The fraction of sp³-hybridized carbons (Fsp3) is 0.348. The van der Waals surface area contributed by atoms with Gasteiger partial charge in [0.15, 0.2) is 0 Å². The summed E-state index contributed by atoms with van der Waals surface area (Å²) in [6, 6.07) is 14.8. The van der Waals surface area contributed by atoms with Gasteiger partial charge in [0.1, 0.15) is 11.6 Å². The maximum absolute atomic E-state index is 12.8. The average molecular weight is 424 g/mol. The number of likely N-dealkylation sites (N-methyl/N-ethyl adjacent to an activating group) is 1. The Morgan fingerprint density at radius 3 is 2.52 bits per heavy atom. The molecule has 0 aliphatic rings. The molecule has 0 fully saturated rings. The fourth-order valence-corrected chi connectivity index (χ4v) is 3.44. The predicted octanol–water partition coefficient (Wildman–Crippen LogP) is 2.77. The predicted molar refractivity (Wildman–Crippen MR) is 121 cm³/mol. The first kappa shape index (κ1) is 22.3. The van der Waals surface area contributed by atoms with Crippen LogP contribution in [0.3, 0.4) is 0 Å². The van der Waals surface area contributed by atoms with Crippen molar-refractivity contribution in [2.45, 2.75) is 19.5 Å². The van der Waals surface area contributed by atoms with Gasteiger partial charge in [0.25, 0.3) is 5.56 Å². The number of nitrogens with zero attached hydrogens (tertiary/aromatic N) is 3. The van der Waals surface area contributed by atoms with Crippen molar-refractivity contribution in [2.75, 3.05) is 34.3 Å². The van der Waals surface area contributed by atoms with Gasteiger partial charge in [0.2, 0.25) is 0 Å². The van der Waals surface area contributed by atoms with Crippen LogP contribution >= 0.6 is 0 Å². The number of urea groups is 1. The SMILES string of the molecule is CCN(Cc1nc2ccccc2c(=O)[nH]1)C(=O)NCC(c1ccc(OC)cc1)N(C)C. The van der Waals surface area contributed by atoms with Crippen LogP contribution in [-0.4, -0.2) is 60.1 Å². The maximum atomic E-state index is 12.8. The molecule has 0 saturated heterocycles. The lowest BCUT2D eigenvalue weighted by Crippen LogP contribution is -2.43. The van der Waals surface area contributed by atoms with E-state index in [9.17, 15) is 9.59 Å².